The average Bonchev–Trinajstić information content (AvgIpc) is 2.52. The fraction of sp³-hybridized carbons (Fsp3) is 0.611. The molecule has 0 aliphatic heterocycles. The quantitative estimate of drug-likeness (QED) is 0.322. The van der Waals surface area contributed by atoms with Gasteiger partial charge in [0.25, 0.3) is 0 Å². The highest BCUT2D eigenvalue weighted by Crippen LogP contribution is 2.22. The standard InChI is InChI=1S/C18H28O4/c1-4-7-8-9-13-16(19)15-12-10-11-14-17(15)22-18(20-5-2)21-6-3/h10-12,14,18H,4-9,13H2,1-3H3. The van der Waals surface area contributed by atoms with E-state index in [4.69, 9.17) is 14.2 Å². The lowest BCUT2D eigenvalue weighted by atomic mass is 10.0. The highest BCUT2D eigenvalue weighted by atomic mass is 16.8. The van der Waals surface area contributed by atoms with Crippen LogP contribution in [0, 0.1) is 0 Å². The lowest BCUT2D eigenvalue weighted by Crippen LogP contribution is -2.25. The van der Waals surface area contributed by atoms with Gasteiger partial charge in [-0.15, -0.1) is 0 Å². The van der Waals surface area contributed by atoms with Gasteiger partial charge in [0.15, 0.2) is 5.78 Å². The number of carbonyl (C=O) groups is 1. The van der Waals surface area contributed by atoms with Gasteiger partial charge < -0.3 is 14.2 Å². The van der Waals surface area contributed by atoms with Gasteiger partial charge in [-0.25, -0.2) is 0 Å². The van der Waals surface area contributed by atoms with E-state index in [2.05, 4.69) is 6.92 Å². The van der Waals surface area contributed by atoms with Crippen LogP contribution in [-0.4, -0.2) is 25.5 Å². The summed E-state index contributed by atoms with van der Waals surface area (Å²) >= 11 is 0. The van der Waals surface area contributed by atoms with Gasteiger partial charge >= 0.3 is 6.48 Å². The van der Waals surface area contributed by atoms with E-state index < -0.39 is 6.48 Å². The normalized spacial score (nSPS) is 10.9. The number of rotatable bonds is 12. The summed E-state index contributed by atoms with van der Waals surface area (Å²) in [5.41, 5.74) is 0.600. The molecule has 0 N–H and O–H groups in total. The molecule has 4 nitrogen and oxygen atoms in total. The smallest absolute Gasteiger partial charge is 0.315 e. The Balaban J connectivity index is 2.69. The first-order chi connectivity index (χ1) is 10.7. The summed E-state index contributed by atoms with van der Waals surface area (Å²) in [6.45, 7) is 6.10. The number of ketones is 1. The highest BCUT2D eigenvalue weighted by molar-refractivity contribution is 5.98. The van der Waals surface area contributed by atoms with E-state index >= 15 is 0 Å². The molecule has 1 aromatic rings. The third-order valence-corrected chi connectivity index (χ3v) is 3.27. The van der Waals surface area contributed by atoms with E-state index in [0.29, 0.717) is 30.9 Å². The van der Waals surface area contributed by atoms with Gasteiger partial charge in [0.1, 0.15) is 5.75 Å². The van der Waals surface area contributed by atoms with E-state index in [1.165, 1.54) is 6.42 Å². The fourth-order valence-corrected chi connectivity index (χ4v) is 2.14. The Morgan fingerprint density at radius 2 is 1.68 bits per heavy atom. The van der Waals surface area contributed by atoms with E-state index in [9.17, 15) is 4.79 Å². The van der Waals surface area contributed by atoms with Crippen molar-refractivity contribution in [3.05, 3.63) is 29.8 Å². The Morgan fingerprint density at radius 1 is 1.00 bits per heavy atom. The van der Waals surface area contributed by atoms with Crippen LogP contribution in [0.25, 0.3) is 0 Å². The lowest BCUT2D eigenvalue weighted by molar-refractivity contribution is -0.242. The number of para-hydroxylation sites is 1. The van der Waals surface area contributed by atoms with Crippen LogP contribution in [0.1, 0.15) is 63.2 Å². The molecule has 0 saturated carbocycles. The predicted octanol–water partition coefficient (Wildman–Crippen LogP) is 4.58. The van der Waals surface area contributed by atoms with Gasteiger partial charge in [-0.3, -0.25) is 4.79 Å². The third kappa shape index (κ3) is 6.58. The van der Waals surface area contributed by atoms with E-state index in [-0.39, 0.29) is 5.78 Å². The summed E-state index contributed by atoms with van der Waals surface area (Å²) in [7, 11) is 0. The van der Waals surface area contributed by atoms with Crippen molar-refractivity contribution in [1.82, 2.24) is 0 Å². The zero-order valence-corrected chi connectivity index (χ0v) is 14.0. The second-order valence-electron chi connectivity index (χ2n) is 5.05. The lowest BCUT2D eigenvalue weighted by Gasteiger charge is -2.19. The third-order valence-electron chi connectivity index (χ3n) is 3.27. The Labute approximate surface area is 133 Å². The molecule has 0 aromatic heterocycles. The minimum absolute atomic E-state index is 0.110. The van der Waals surface area contributed by atoms with Crippen LogP contribution in [0.2, 0.25) is 0 Å². The highest BCUT2D eigenvalue weighted by Gasteiger charge is 2.16. The van der Waals surface area contributed by atoms with Crippen LogP contribution in [0.3, 0.4) is 0 Å². The van der Waals surface area contributed by atoms with Gasteiger partial charge in [-0.2, -0.15) is 0 Å². The monoisotopic (exact) mass is 308 g/mol. The average molecular weight is 308 g/mol. The minimum Gasteiger partial charge on any atom is -0.440 e. The van der Waals surface area contributed by atoms with Gasteiger partial charge in [0.05, 0.1) is 18.8 Å². The Bertz CT molecular complexity index is 425. The number of unbranched alkanes of at least 4 members (excludes halogenated alkanes) is 3. The van der Waals surface area contributed by atoms with E-state index in [1.54, 1.807) is 12.1 Å². The van der Waals surface area contributed by atoms with Crippen molar-refractivity contribution in [2.75, 3.05) is 13.2 Å². The summed E-state index contributed by atoms with van der Waals surface area (Å²) in [6.07, 6.45) is 4.89. The van der Waals surface area contributed by atoms with Crippen molar-refractivity contribution in [2.24, 2.45) is 0 Å². The first-order valence-corrected chi connectivity index (χ1v) is 8.24. The van der Waals surface area contributed by atoms with Gasteiger partial charge in [0, 0.05) is 6.42 Å². The van der Waals surface area contributed by atoms with Gasteiger partial charge in [-0.1, -0.05) is 38.3 Å². The van der Waals surface area contributed by atoms with Gasteiger partial charge in [-0.05, 0) is 32.4 Å². The molecule has 1 aromatic carbocycles. The molecule has 0 unspecified atom stereocenters. The summed E-state index contributed by atoms with van der Waals surface area (Å²) < 4.78 is 16.5. The van der Waals surface area contributed by atoms with Crippen LogP contribution in [0.5, 0.6) is 5.75 Å². The number of hydrogen-bond donors (Lipinski definition) is 0. The number of Topliss-reactive ketones (excluding diaryl/α,β-unsaturated/α-hetero) is 1. The number of benzene rings is 1. The molecule has 0 aliphatic carbocycles. The van der Waals surface area contributed by atoms with Crippen molar-refractivity contribution < 1.29 is 19.0 Å². The molecule has 0 radical (unpaired) electrons. The summed E-state index contributed by atoms with van der Waals surface area (Å²) in [6, 6.07) is 7.28. The number of hydrogen-bond acceptors (Lipinski definition) is 4. The maximum atomic E-state index is 12.4. The fourth-order valence-electron chi connectivity index (χ4n) is 2.14. The van der Waals surface area contributed by atoms with Crippen molar-refractivity contribution in [2.45, 2.75) is 59.4 Å². The Hall–Kier alpha value is -1.39. The second-order valence-corrected chi connectivity index (χ2v) is 5.05. The first kappa shape index (κ1) is 18.7. The maximum absolute atomic E-state index is 12.4. The first-order valence-electron chi connectivity index (χ1n) is 8.24. The Morgan fingerprint density at radius 3 is 2.32 bits per heavy atom. The molecule has 1 rings (SSSR count). The van der Waals surface area contributed by atoms with Crippen LogP contribution < -0.4 is 4.74 Å². The minimum atomic E-state index is -0.774. The summed E-state index contributed by atoms with van der Waals surface area (Å²) in [4.78, 5) is 12.4. The molecule has 22 heavy (non-hydrogen) atoms. The maximum Gasteiger partial charge on any atom is 0.315 e. The molecule has 0 atom stereocenters. The molecule has 0 fully saturated rings. The summed E-state index contributed by atoms with van der Waals surface area (Å²) in [5.74, 6) is 0.633. The topological polar surface area (TPSA) is 44.8 Å². The number of ether oxygens (including phenoxy) is 3. The molecule has 4 heteroatoms. The number of carbonyl (C=O) groups excluding carboxylic acids is 1. The molecular weight excluding hydrogens is 280 g/mol. The Kier molecular flexibility index (Phi) is 9.51. The molecule has 0 bridgehead atoms. The zero-order chi connectivity index (χ0) is 16.2. The van der Waals surface area contributed by atoms with E-state index in [0.717, 1.165) is 19.3 Å². The molecule has 0 saturated heterocycles. The molecule has 0 aliphatic rings. The van der Waals surface area contributed by atoms with Crippen molar-refractivity contribution in [1.29, 1.82) is 0 Å². The van der Waals surface area contributed by atoms with Crippen molar-refractivity contribution >= 4 is 5.78 Å². The second kappa shape index (κ2) is 11.2. The van der Waals surface area contributed by atoms with Crippen molar-refractivity contribution in [3.8, 4) is 5.75 Å². The molecule has 0 amide bonds. The largest absolute Gasteiger partial charge is 0.440 e. The zero-order valence-electron chi connectivity index (χ0n) is 14.0. The molecule has 0 heterocycles. The van der Waals surface area contributed by atoms with E-state index in [1.807, 2.05) is 26.0 Å². The van der Waals surface area contributed by atoms with Crippen molar-refractivity contribution in [3.63, 3.8) is 0 Å². The van der Waals surface area contributed by atoms with Gasteiger partial charge in [0.2, 0.25) is 0 Å². The molecule has 0 spiro atoms. The van der Waals surface area contributed by atoms with Crippen LogP contribution >= 0.6 is 0 Å². The van der Waals surface area contributed by atoms with Crippen LogP contribution in [0.15, 0.2) is 24.3 Å². The predicted molar refractivity (Wildman–Crippen MR) is 87.2 cm³/mol. The molecule has 124 valence electrons. The summed E-state index contributed by atoms with van der Waals surface area (Å²) in [5, 5.41) is 0. The SMILES string of the molecule is CCCCCCC(=O)c1ccccc1OC(OCC)OCC. The molecular formula is C18H28O4. The van der Waals surface area contributed by atoms with Crippen LogP contribution in [-0.2, 0) is 9.47 Å². The van der Waals surface area contributed by atoms with Crippen LogP contribution in [0.4, 0.5) is 0 Å².